The zero-order valence-corrected chi connectivity index (χ0v) is 9.66. The van der Waals surface area contributed by atoms with E-state index in [1.54, 1.807) is 0 Å². The molecule has 1 fully saturated rings. The number of pyridine rings is 1. The highest BCUT2D eigenvalue weighted by molar-refractivity contribution is 6.35. The van der Waals surface area contributed by atoms with Crippen molar-refractivity contribution in [3.8, 4) is 0 Å². The van der Waals surface area contributed by atoms with E-state index in [9.17, 15) is 4.79 Å². The first-order chi connectivity index (χ1) is 7.59. The monoisotopic (exact) mass is 240 g/mol. The van der Waals surface area contributed by atoms with Gasteiger partial charge < -0.3 is 10.4 Å². The quantitative estimate of drug-likeness (QED) is 0.849. The molecular formula is C11H13ClN2O2. The predicted octanol–water partition coefficient (Wildman–Crippen LogP) is 2.64. The van der Waals surface area contributed by atoms with Crippen LogP contribution in [0.15, 0.2) is 12.3 Å². The summed E-state index contributed by atoms with van der Waals surface area (Å²) in [6.07, 6.45) is 3.88. The number of aromatic carboxylic acids is 1. The van der Waals surface area contributed by atoms with Crippen LogP contribution in [0.5, 0.6) is 0 Å². The van der Waals surface area contributed by atoms with Crippen molar-refractivity contribution in [3.63, 3.8) is 0 Å². The molecule has 0 bridgehead atoms. The van der Waals surface area contributed by atoms with E-state index in [-0.39, 0.29) is 16.6 Å². The number of nitrogens with one attached hydrogen (secondary N) is 1. The summed E-state index contributed by atoms with van der Waals surface area (Å²) in [6, 6.07) is 1.69. The van der Waals surface area contributed by atoms with E-state index in [1.807, 2.05) is 0 Å². The highest BCUT2D eigenvalue weighted by Gasteiger charge is 2.28. The van der Waals surface area contributed by atoms with Gasteiger partial charge in [0.15, 0.2) is 0 Å². The highest BCUT2D eigenvalue weighted by Crippen LogP contribution is 2.35. The maximum atomic E-state index is 10.9. The second-order valence-electron chi connectivity index (χ2n) is 4.10. The van der Waals surface area contributed by atoms with Gasteiger partial charge in [-0.05, 0) is 31.7 Å². The molecule has 1 saturated carbocycles. The molecule has 0 spiro atoms. The average Bonchev–Trinajstić information content (AvgIpc) is 3.03. The van der Waals surface area contributed by atoms with Gasteiger partial charge in [0, 0.05) is 12.2 Å². The molecule has 0 radical (unpaired) electrons. The minimum atomic E-state index is -1.03. The molecule has 0 amide bonds. The van der Waals surface area contributed by atoms with Crippen LogP contribution in [0.1, 0.15) is 30.1 Å². The van der Waals surface area contributed by atoms with Crippen molar-refractivity contribution in [2.45, 2.75) is 25.8 Å². The SMILES string of the molecule is CC(Nc1nccc(C(=O)O)c1Cl)C1CC1. The average molecular weight is 241 g/mol. The van der Waals surface area contributed by atoms with Crippen LogP contribution in [-0.2, 0) is 0 Å². The molecule has 0 aliphatic heterocycles. The fourth-order valence-electron chi connectivity index (χ4n) is 1.64. The number of carboxylic acid groups (broad SMARTS) is 1. The molecule has 1 aromatic heterocycles. The van der Waals surface area contributed by atoms with Gasteiger partial charge in [0.25, 0.3) is 0 Å². The number of carboxylic acids is 1. The van der Waals surface area contributed by atoms with Crippen LogP contribution in [0.2, 0.25) is 5.02 Å². The lowest BCUT2D eigenvalue weighted by Crippen LogP contribution is -2.19. The summed E-state index contributed by atoms with van der Waals surface area (Å²) in [5.41, 5.74) is 0.0853. The lowest BCUT2D eigenvalue weighted by atomic mass is 10.2. The van der Waals surface area contributed by atoms with Crippen molar-refractivity contribution < 1.29 is 9.90 Å². The van der Waals surface area contributed by atoms with E-state index in [1.165, 1.54) is 25.1 Å². The molecule has 0 saturated heterocycles. The molecule has 1 aromatic rings. The Balaban J connectivity index is 2.19. The fraction of sp³-hybridized carbons (Fsp3) is 0.455. The summed E-state index contributed by atoms with van der Waals surface area (Å²) in [7, 11) is 0. The van der Waals surface area contributed by atoms with Gasteiger partial charge in [-0.1, -0.05) is 11.6 Å². The zero-order valence-electron chi connectivity index (χ0n) is 8.90. The van der Waals surface area contributed by atoms with Crippen LogP contribution in [0.4, 0.5) is 5.82 Å². The van der Waals surface area contributed by atoms with E-state index >= 15 is 0 Å². The summed E-state index contributed by atoms with van der Waals surface area (Å²) in [6.45, 7) is 2.06. The van der Waals surface area contributed by atoms with Crippen molar-refractivity contribution >= 4 is 23.4 Å². The summed E-state index contributed by atoms with van der Waals surface area (Å²) in [5.74, 6) is 0.0850. The van der Waals surface area contributed by atoms with Gasteiger partial charge in [-0.15, -0.1) is 0 Å². The summed E-state index contributed by atoms with van der Waals surface area (Å²) < 4.78 is 0. The number of hydrogen-bond donors (Lipinski definition) is 2. The van der Waals surface area contributed by atoms with Crippen LogP contribution in [-0.4, -0.2) is 22.1 Å². The van der Waals surface area contributed by atoms with Crippen LogP contribution in [0.3, 0.4) is 0 Å². The first-order valence-corrected chi connectivity index (χ1v) is 5.61. The standard InChI is InChI=1S/C11H13ClN2O2/c1-6(7-2-3-7)14-10-9(12)8(11(15)16)4-5-13-10/h4-7H,2-3H2,1H3,(H,13,14)(H,15,16). The Bertz CT molecular complexity index is 418. The number of anilines is 1. The molecule has 1 atom stereocenters. The van der Waals surface area contributed by atoms with Gasteiger partial charge in [0.05, 0.1) is 10.6 Å². The van der Waals surface area contributed by atoms with Gasteiger partial charge in [-0.3, -0.25) is 0 Å². The number of halogens is 1. The second-order valence-corrected chi connectivity index (χ2v) is 4.47. The smallest absolute Gasteiger partial charge is 0.337 e. The molecular weight excluding hydrogens is 228 g/mol. The fourth-order valence-corrected chi connectivity index (χ4v) is 1.89. The van der Waals surface area contributed by atoms with Gasteiger partial charge in [0.2, 0.25) is 0 Å². The summed E-state index contributed by atoms with van der Waals surface area (Å²) >= 11 is 5.97. The van der Waals surface area contributed by atoms with Gasteiger partial charge in [-0.2, -0.15) is 0 Å². The minimum absolute atomic E-state index is 0.0853. The van der Waals surface area contributed by atoms with Crippen molar-refractivity contribution in [1.29, 1.82) is 0 Å². The lowest BCUT2D eigenvalue weighted by Gasteiger charge is -2.15. The Morgan fingerprint density at radius 1 is 1.69 bits per heavy atom. The molecule has 0 aromatic carbocycles. The maximum Gasteiger partial charge on any atom is 0.337 e. The van der Waals surface area contributed by atoms with Crippen molar-refractivity contribution in [2.24, 2.45) is 5.92 Å². The molecule has 86 valence electrons. The Hall–Kier alpha value is -1.29. The van der Waals surface area contributed by atoms with Gasteiger partial charge in [0.1, 0.15) is 5.82 Å². The molecule has 16 heavy (non-hydrogen) atoms. The van der Waals surface area contributed by atoms with E-state index in [4.69, 9.17) is 16.7 Å². The highest BCUT2D eigenvalue weighted by atomic mass is 35.5. The van der Waals surface area contributed by atoms with E-state index in [0.29, 0.717) is 11.7 Å². The molecule has 1 unspecified atom stereocenters. The molecule has 2 rings (SSSR count). The van der Waals surface area contributed by atoms with Crippen LogP contribution in [0.25, 0.3) is 0 Å². The minimum Gasteiger partial charge on any atom is -0.478 e. The predicted molar refractivity (Wildman–Crippen MR) is 62.0 cm³/mol. The van der Waals surface area contributed by atoms with Crippen LogP contribution < -0.4 is 5.32 Å². The first kappa shape index (κ1) is 11.2. The Labute approximate surface area is 98.6 Å². The van der Waals surface area contributed by atoms with Crippen LogP contribution >= 0.6 is 11.6 Å². The largest absolute Gasteiger partial charge is 0.478 e. The number of aromatic nitrogens is 1. The molecule has 1 aliphatic rings. The van der Waals surface area contributed by atoms with Gasteiger partial charge in [-0.25, -0.2) is 9.78 Å². The molecule has 4 nitrogen and oxygen atoms in total. The normalized spacial score (nSPS) is 16.9. The summed E-state index contributed by atoms with van der Waals surface area (Å²) in [4.78, 5) is 14.9. The molecule has 1 aliphatic carbocycles. The van der Waals surface area contributed by atoms with Crippen molar-refractivity contribution in [2.75, 3.05) is 5.32 Å². The Morgan fingerprint density at radius 3 is 2.94 bits per heavy atom. The first-order valence-electron chi connectivity index (χ1n) is 5.24. The van der Waals surface area contributed by atoms with Gasteiger partial charge >= 0.3 is 5.97 Å². The Kier molecular flexibility index (Phi) is 3.01. The van der Waals surface area contributed by atoms with Crippen LogP contribution in [0, 0.1) is 5.92 Å². The number of nitrogens with zero attached hydrogens (tertiary/aromatic N) is 1. The topological polar surface area (TPSA) is 62.2 Å². The third-order valence-corrected chi connectivity index (χ3v) is 3.20. The number of carbonyl (C=O) groups is 1. The lowest BCUT2D eigenvalue weighted by molar-refractivity contribution is 0.0697. The maximum absolute atomic E-state index is 10.9. The molecule has 5 heteroatoms. The third-order valence-electron chi connectivity index (χ3n) is 2.81. The number of rotatable bonds is 4. The third kappa shape index (κ3) is 2.27. The van der Waals surface area contributed by atoms with E-state index in [2.05, 4.69) is 17.2 Å². The summed E-state index contributed by atoms with van der Waals surface area (Å²) in [5, 5.41) is 12.2. The number of hydrogen-bond acceptors (Lipinski definition) is 3. The second kappa shape index (κ2) is 4.29. The van der Waals surface area contributed by atoms with E-state index in [0.717, 1.165) is 0 Å². The van der Waals surface area contributed by atoms with E-state index < -0.39 is 5.97 Å². The Morgan fingerprint density at radius 2 is 2.38 bits per heavy atom. The van der Waals surface area contributed by atoms with Crippen molar-refractivity contribution in [3.05, 3.63) is 22.8 Å². The molecule has 1 heterocycles. The zero-order chi connectivity index (χ0) is 11.7. The molecule has 2 N–H and O–H groups in total. The van der Waals surface area contributed by atoms with Crippen molar-refractivity contribution in [1.82, 2.24) is 4.98 Å².